The molecule has 0 N–H and O–H groups in total. The lowest BCUT2D eigenvalue weighted by Gasteiger charge is -1.88. The Morgan fingerprint density at radius 2 is 2.23 bits per heavy atom. The summed E-state index contributed by atoms with van der Waals surface area (Å²) in [7, 11) is 0. The Balaban J connectivity index is 2.73. The van der Waals surface area contributed by atoms with Crippen LogP contribution >= 0.6 is 11.3 Å². The molecule has 1 aromatic heterocycles. The highest BCUT2D eigenvalue weighted by Crippen LogP contribution is 2.18. The first-order valence-corrected chi connectivity index (χ1v) is 4.96. The van der Waals surface area contributed by atoms with Crippen LogP contribution < -0.4 is 4.57 Å². The molecule has 1 aromatic carbocycles. The Bertz CT molecular complexity index is 476. The molecule has 2 heteroatoms. The van der Waals surface area contributed by atoms with Gasteiger partial charge >= 0.3 is 0 Å². The van der Waals surface area contributed by atoms with Crippen molar-refractivity contribution >= 4 is 21.6 Å². The molecular weight excluding hydrogens is 178 g/mol. The van der Waals surface area contributed by atoms with Gasteiger partial charge in [-0.05, 0) is 12.0 Å². The number of benzene rings is 1. The summed E-state index contributed by atoms with van der Waals surface area (Å²) in [6.07, 6.45) is 5.31. The van der Waals surface area contributed by atoms with Crippen molar-refractivity contribution in [2.24, 2.45) is 0 Å². The van der Waals surface area contributed by atoms with Crippen LogP contribution in [0.5, 0.6) is 0 Å². The fourth-order valence-corrected chi connectivity index (χ4v) is 2.46. The maximum absolute atomic E-state index is 5.31. The van der Waals surface area contributed by atoms with Crippen LogP contribution in [0.25, 0.3) is 10.2 Å². The van der Waals surface area contributed by atoms with E-state index in [0.717, 1.165) is 0 Å². The molecule has 2 rings (SSSR count). The van der Waals surface area contributed by atoms with Gasteiger partial charge in [0.2, 0.25) is 17.1 Å². The van der Waals surface area contributed by atoms with Crippen molar-refractivity contribution in [1.29, 1.82) is 0 Å². The number of fused-ring (bicyclic) bond motifs is 1. The predicted octanol–water partition coefficient (Wildman–Crippen LogP) is 2.13. The van der Waals surface area contributed by atoms with E-state index in [9.17, 15) is 0 Å². The number of aryl methyl sites for hydroxylation is 1. The zero-order chi connectivity index (χ0) is 9.26. The summed E-state index contributed by atoms with van der Waals surface area (Å²) in [5.74, 6) is 2.67. The van der Waals surface area contributed by atoms with Crippen molar-refractivity contribution in [3.05, 3.63) is 29.3 Å². The van der Waals surface area contributed by atoms with E-state index in [1.807, 2.05) is 6.07 Å². The summed E-state index contributed by atoms with van der Waals surface area (Å²) in [5, 5.41) is 1.26. The highest BCUT2D eigenvalue weighted by atomic mass is 32.1. The quantitative estimate of drug-likeness (QED) is 0.477. The first-order valence-electron chi connectivity index (χ1n) is 4.14. The van der Waals surface area contributed by atoms with Gasteiger partial charge in [-0.3, -0.25) is 0 Å². The molecule has 0 aliphatic carbocycles. The Hall–Kier alpha value is -1.33. The Kier molecular flexibility index (Phi) is 2.03. The van der Waals surface area contributed by atoms with Crippen LogP contribution in [0.1, 0.15) is 5.01 Å². The van der Waals surface area contributed by atoms with Gasteiger partial charge in [0.1, 0.15) is 4.70 Å². The molecule has 0 aliphatic rings. The Morgan fingerprint density at radius 1 is 1.46 bits per heavy atom. The van der Waals surface area contributed by atoms with Gasteiger partial charge in [-0.2, -0.15) is 4.57 Å². The van der Waals surface area contributed by atoms with Crippen LogP contribution in [-0.4, -0.2) is 0 Å². The number of aromatic nitrogens is 1. The van der Waals surface area contributed by atoms with Crippen molar-refractivity contribution in [3.8, 4) is 12.3 Å². The number of rotatable bonds is 1. The lowest BCUT2D eigenvalue weighted by Crippen LogP contribution is -2.34. The van der Waals surface area contributed by atoms with E-state index in [-0.39, 0.29) is 0 Å². The van der Waals surface area contributed by atoms with Crippen LogP contribution in [-0.2, 0) is 6.54 Å². The SMILES string of the molecule is C#CC[n+]1c(C)sc2ccccc21. The average molecular weight is 188 g/mol. The fourth-order valence-electron chi connectivity index (χ4n) is 1.44. The summed E-state index contributed by atoms with van der Waals surface area (Å²) in [6.45, 7) is 2.76. The number of hydrogen-bond acceptors (Lipinski definition) is 1. The Labute approximate surface area is 81.6 Å². The number of para-hydroxylation sites is 1. The van der Waals surface area contributed by atoms with Gasteiger partial charge in [-0.1, -0.05) is 23.5 Å². The minimum absolute atomic E-state index is 0.663. The lowest BCUT2D eigenvalue weighted by molar-refractivity contribution is -0.660. The van der Waals surface area contributed by atoms with Gasteiger partial charge in [-0.15, -0.1) is 6.42 Å². The summed E-state index contributed by atoms with van der Waals surface area (Å²) in [5.41, 5.74) is 1.24. The number of thiazole rings is 1. The summed E-state index contributed by atoms with van der Waals surface area (Å²) in [6, 6.07) is 8.33. The second kappa shape index (κ2) is 3.20. The first-order chi connectivity index (χ1) is 6.33. The van der Waals surface area contributed by atoms with E-state index in [1.54, 1.807) is 11.3 Å². The molecule has 0 amide bonds. The standard InChI is InChI=1S/C11H10NS/c1-3-8-12-9(2)13-11-7-5-4-6-10(11)12/h1,4-7H,8H2,2H3/q+1. The smallest absolute Gasteiger partial charge is 0.174 e. The molecule has 0 radical (unpaired) electrons. The molecule has 1 nitrogen and oxygen atoms in total. The van der Waals surface area contributed by atoms with Gasteiger partial charge in [0, 0.05) is 13.0 Å². The van der Waals surface area contributed by atoms with E-state index in [4.69, 9.17) is 6.42 Å². The van der Waals surface area contributed by atoms with E-state index >= 15 is 0 Å². The van der Waals surface area contributed by atoms with Crippen LogP contribution in [0, 0.1) is 19.3 Å². The molecular formula is C11H10NS+. The first kappa shape index (κ1) is 8.28. The van der Waals surface area contributed by atoms with Crippen molar-refractivity contribution < 1.29 is 4.57 Å². The normalized spacial score (nSPS) is 10.2. The number of terminal acetylenes is 1. The van der Waals surface area contributed by atoms with Gasteiger partial charge < -0.3 is 0 Å². The third-order valence-corrected chi connectivity index (χ3v) is 3.12. The monoisotopic (exact) mass is 188 g/mol. The fraction of sp³-hybridized carbons (Fsp3) is 0.182. The molecule has 1 heterocycles. The van der Waals surface area contributed by atoms with E-state index in [2.05, 4.69) is 35.6 Å². The molecule has 64 valence electrons. The van der Waals surface area contributed by atoms with Gasteiger partial charge in [-0.25, -0.2) is 0 Å². The topological polar surface area (TPSA) is 3.88 Å². The third-order valence-electron chi connectivity index (χ3n) is 2.04. The Morgan fingerprint density at radius 3 is 3.00 bits per heavy atom. The zero-order valence-electron chi connectivity index (χ0n) is 7.45. The molecule has 0 atom stereocenters. The van der Waals surface area contributed by atoms with Gasteiger partial charge in [0.05, 0.1) is 0 Å². The highest BCUT2D eigenvalue weighted by Gasteiger charge is 2.14. The van der Waals surface area contributed by atoms with Crippen LogP contribution in [0.15, 0.2) is 24.3 Å². The molecule has 0 aliphatic heterocycles. The van der Waals surface area contributed by atoms with Crippen LogP contribution in [0.2, 0.25) is 0 Å². The zero-order valence-corrected chi connectivity index (χ0v) is 8.27. The van der Waals surface area contributed by atoms with Gasteiger partial charge in [0.15, 0.2) is 0 Å². The predicted molar refractivity (Wildman–Crippen MR) is 55.6 cm³/mol. The second-order valence-corrected chi connectivity index (χ2v) is 4.11. The highest BCUT2D eigenvalue weighted by molar-refractivity contribution is 7.18. The molecule has 0 spiro atoms. The number of hydrogen-bond donors (Lipinski definition) is 0. The minimum atomic E-state index is 0.663. The van der Waals surface area contributed by atoms with Crippen molar-refractivity contribution in [1.82, 2.24) is 0 Å². The van der Waals surface area contributed by atoms with Crippen molar-refractivity contribution in [2.75, 3.05) is 0 Å². The largest absolute Gasteiger partial charge is 0.236 e. The summed E-state index contributed by atoms with van der Waals surface area (Å²) < 4.78 is 3.47. The van der Waals surface area contributed by atoms with E-state index in [1.165, 1.54) is 15.2 Å². The average Bonchev–Trinajstić information content (AvgIpc) is 2.44. The van der Waals surface area contributed by atoms with E-state index < -0.39 is 0 Å². The molecule has 0 saturated carbocycles. The third kappa shape index (κ3) is 1.32. The summed E-state index contributed by atoms with van der Waals surface area (Å²) in [4.78, 5) is 0. The molecule has 0 saturated heterocycles. The van der Waals surface area contributed by atoms with Crippen LogP contribution in [0.3, 0.4) is 0 Å². The summed E-state index contributed by atoms with van der Waals surface area (Å²) >= 11 is 1.79. The van der Waals surface area contributed by atoms with Crippen molar-refractivity contribution in [3.63, 3.8) is 0 Å². The van der Waals surface area contributed by atoms with Crippen LogP contribution in [0.4, 0.5) is 0 Å². The van der Waals surface area contributed by atoms with Crippen molar-refractivity contribution in [2.45, 2.75) is 13.5 Å². The molecule has 0 fully saturated rings. The number of nitrogens with zero attached hydrogens (tertiary/aromatic N) is 1. The molecule has 13 heavy (non-hydrogen) atoms. The minimum Gasteiger partial charge on any atom is -0.174 e. The second-order valence-electron chi connectivity index (χ2n) is 2.88. The van der Waals surface area contributed by atoms with E-state index in [0.29, 0.717) is 6.54 Å². The van der Waals surface area contributed by atoms with Gasteiger partial charge in [0.25, 0.3) is 0 Å². The molecule has 0 unspecified atom stereocenters. The maximum Gasteiger partial charge on any atom is 0.236 e. The maximum atomic E-state index is 5.31. The lowest BCUT2D eigenvalue weighted by atomic mass is 10.3. The molecule has 2 aromatic rings. The molecule has 0 bridgehead atoms.